The van der Waals surface area contributed by atoms with Crippen molar-refractivity contribution in [2.45, 2.75) is 51.5 Å². The highest BCUT2D eigenvalue weighted by Gasteiger charge is 2.14. The van der Waals surface area contributed by atoms with E-state index in [9.17, 15) is 4.79 Å². The van der Waals surface area contributed by atoms with E-state index in [4.69, 9.17) is 4.74 Å². The Balaban J connectivity index is 1.68. The van der Waals surface area contributed by atoms with Gasteiger partial charge in [0.15, 0.2) is 0 Å². The van der Waals surface area contributed by atoms with Gasteiger partial charge in [-0.3, -0.25) is 9.78 Å². The maximum atomic E-state index is 12.6. The molecule has 1 aromatic heterocycles. The van der Waals surface area contributed by atoms with Gasteiger partial charge >= 0.3 is 0 Å². The summed E-state index contributed by atoms with van der Waals surface area (Å²) < 4.78 is 5.56. The van der Waals surface area contributed by atoms with Crippen LogP contribution in [0.5, 0.6) is 5.75 Å². The fourth-order valence-corrected chi connectivity index (χ4v) is 3.34. The van der Waals surface area contributed by atoms with Crippen LogP contribution in [0.1, 0.15) is 55.9 Å². The molecule has 1 aliphatic rings. The Kier molecular flexibility index (Phi) is 6.47. The molecule has 0 bridgehead atoms. The summed E-state index contributed by atoms with van der Waals surface area (Å²) in [5.74, 6) is 0.428. The molecule has 1 aliphatic carbocycles. The van der Waals surface area contributed by atoms with Gasteiger partial charge in [0.1, 0.15) is 11.4 Å². The molecule has 0 aliphatic heterocycles. The summed E-state index contributed by atoms with van der Waals surface area (Å²) in [6.45, 7) is 2.47. The van der Waals surface area contributed by atoms with Gasteiger partial charge in [-0.05, 0) is 44.0 Å². The van der Waals surface area contributed by atoms with Crippen LogP contribution in [-0.2, 0) is 0 Å². The van der Waals surface area contributed by atoms with Gasteiger partial charge in [0.2, 0.25) is 0 Å². The lowest BCUT2D eigenvalue weighted by molar-refractivity contribution is 0.102. The molecule has 0 unspecified atom stereocenters. The topological polar surface area (TPSA) is 63.2 Å². The van der Waals surface area contributed by atoms with Crippen molar-refractivity contribution in [1.82, 2.24) is 4.98 Å². The fraction of sp³-hybridized carbons (Fsp3) is 0.429. The van der Waals surface area contributed by atoms with Crippen molar-refractivity contribution < 1.29 is 9.53 Å². The second-order valence-electron chi connectivity index (χ2n) is 6.65. The molecule has 2 aromatic rings. The molecule has 2 N–H and O–H groups in total. The molecule has 0 atom stereocenters. The van der Waals surface area contributed by atoms with Gasteiger partial charge in [-0.15, -0.1) is 0 Å². The van der Waals surface area contributed by atoms with Crippen LogP contribution in [0.25, 0.3) is 0 Å². The molecule has 3 rings (SSSR count). The predicted octanol–water partition coefficient (Wildman–Crippen LogP) is 4.87. The first-order chi connectivity index (χ1) is 12.8. The average molecular weight is 353 g/mol. The number of hydrogen-bond acceptors (Lipinski definition) is 4. The van der Waals surface area contributed by atoms with E-state index in [0.717, 1.165) is 5.69 Å². The number of benzene rings is 1. The third kappa shape index (κ3) is 4.97. The van der Waals surface area contributed by atoms with E-state index in [-0.39, 0.29) is 5.91 Å². The summed E-state index contributed by atoms with van der Waals surface area (Å²) in [6.07, 6.45) is 9.23. The van der Waals surface area contributed by atoms with Crippen LogP contribution in [0.4, 0.5) is 11.4 Å². The minimum Gasteiger partial charge on any atom is -0.492 e. The molecule has 1 amide bonds. The number of amides is 1. The SMILES string of the molecule is CCOc1ccccc1NC(=O)c1cc(NC2CCCCCC2)ccn1. The molecule has 0 radical (unpaired) electrons. The van der Waals surface area contributed by atoms with Crippen molar-refractivity contribution in [3.63, 3.8) is 0 Å². The second kappa shape index (κ2) is 9.22. The van der Waals surface area contributed by atoms with Crippen LogP contribution in [0, 0.1) is 0 Å². The number of carbonyl (C=O) groups excluding carboxylic acids is 1. The molecule has 138 valence electrons. The minimum absolute atomic E-state index is 0.235. The second-order valence-corrected chi connectivity index (χ2v) is 6.65. The molecule has 5 heteroatoms. The number of nitrogens with zero attached hydrogens (tertiary/aromatic N) is 1. The van der Waals surface area contributed by atoms with Crippen molar-refractivity contribution in [2.75, 3.05) is 17.2 Å². The number of aromatic nitrogens is 1. The third-order valence-corrected chi connectivity index (χ3v) is 4.65. The molecular weight excluding hydrogens is 326 g/mol. The van der Waals surface area contributed by atoms with E-state index in [0.29, 0.717) is 29.8 Å². The molecule has 1 fully saturated rings. The molecule has 1 saturated carbocycles. The summed E-state index contributed by atoms with van der Waals surface area (Å²) in [6, 6.07) is 11.7. The lowest BCUT2D eigenvalue weighted by atomic mass is 10.1. The molecule has 0 spiro atoms. The first kappa shape index (κ1) is 18.2. The summed E-state index contributed by atoms with van der Waals surface area (Å²) in [7, 11) is 0. The number of anilines is 2. The minimum atomic E-state index is -0.235. The fourth-order valence-electron chi connectivity index (χ4n) is 3.34. The number of para-hydroxylation sites is 2. The van der Waals surface area contributed by atoms with E-state index in [2.05, 4.69) is 15.6 Å². The number of rotatable bonds is 6. The zero-order valence-electron chi connectivity index (χ0n) is 15.3. The Morgan fingerprint density at radius 3 is 2.69 bits per heavy atom. The van der Waals surface area contributed by atoms with Gasteiger partial charge in [0.25, 0.3) is 5.91 Å². The standard InChI is InChI=1S/C21H27N3O2/c1-2-26-20-12-8-7-11-18(20)24-21(25)19-15-17(13-14-22-19)23-16-9-5-3-4-6-10-16/h7-8,11-16H,2-6,9-10H2,1H3,(H,22,23)(H,24,25). The maximum Gasteiger partial charge on any atom is 0.274 e. The number of ether oxygens (including phenoxy) is 1. The van der Waals surface area contributed by atoms with E-state index in [1.165, 1.54) is 38.5 Å². The average Bonchev–Trinajstić information content (AvgIpc) is 2.92. The van der Waals surface area contributed by atoms with Crippen molar-refractivity contribution in [1.29, 1.82) is 0 Å². The molecule has 26 heavy (non-hydrogen) atoms. The zero-order chi connectivity index (χ0) is 18.2. The van der Waals surface area contributed by atoms with Gasteiger partial charge < -0.3 is 15.4 Å². The van der Waals surface area contributed by atoms with Gasteiger partial charge in [-0.1, -0.05) is 37.8 Å². The molecule has 5 nitrogen and oxygen atoms in total. The highest BCUT2D eigenvalue weighted by atomic mass is 16.5. The molecule has 0 saturated heterocycles. The van der Waals surface area contributed by atoms with Crippen LogP contribution < -0.4 is 15.4 Å². The summed E-state index contributed by atoms with van der Waals surface area (Å²) in [4.78, 5) is 16.8. The number of nitrogens with one attached hydrogen (secondary N) is 2. The van der Waals surface area contributed by atoms with Gasteiger partial charge in [-0.25, -0.2) is 0 Å². The van der Waals surface area contributed by atoms with E-state index < -0.39 is 0 Å². The number of hydrogen-bond donors (Lipinski definition) is 2. The summed E-state index contributed by atoms with van der Waals surface area (Å²) in [5, 5.41) is 6.47. The van der Waals surface area contributed by atoms with Crippen LogP contribution in [-0.4, -0.2) is 23.5 Å². The van der Waals surface area contributed by atoms with Crippen molar-refractivity contribution in [3.05, 3.63) is 48.3 Å². The smallest absolute Gasteiger partial charge is 0.274 e. The first-order valence-corrected chi connectivity index (χ1v) is 9.52. The zero-order valence-corrected chi connectivity index (χ0v) is 15.3. The van der Waals surface area contributed by atoms with Crippen molar-refractivity contribution in [2.24, 2.45) is 0 Å². The normalized spacial score (nSPS) is 15.1. The van der Waals surface area contributed by atoms with Gasteiger partial charge in [0.05, 0.1) is 12.3 Å². The highest BCUT2D eigenvalue weighted by Crippen LogP contribution is 2.25. The lowest BCUT2D eigenvalue weighted by Gasteiger charge is -2.18. The molecule has 1 heterocycles. The lowest BCUT2D eigenvalue weighted by Crippen LogP contribution is -2.19. The maximum absolute atomic E-state index is 12.6. The Labute approximate surface area is 155 Å². The summed E-state index contributed by atoms with van der Waals surface area (Å²) >= 11 is 0. The van der Waals surface area contributed by atoms with Crippen LogP contribution in [0.2, 0.25) is 0 Å². The predicted molar refractivity (Wildman–Crippen MR) is 105 cm³/mol. The first-order valence-electron chi connectivity index (χ1n) is 9.52. The Bertz CT molecular complexity index is 725. The number of carbonyl (C=O) groups is 1. The van der Waals surface area contributed by atoms with Crippen molar-refractivity contribution in [3.8, 4) is 5.75 Å². The van der Waals surface area contributed by atoms with Crippen molar-refractivity contribution >= 4 is 17.3 Å². The molecular formula is C21H27N3O2. The van der Waals surface area contributed by atoms with Gasteiger partial charge in [-0.2, -0.15) is 0 Å². The van der Waals surface area contributed by atoms with Crippen LogP contribution in [0.3, 0.4) is 0 Å². The summed E-state index contributed by atoms with van der Waals surface area (Å²) in [5.41, 5.74) is 2.01. The van der Waals surface area contributed by atoms with E-state index >= 15 is 0 Å². The highest BCUT2D eigenvalue weighted by molar-refractivity contribution is 6.04. The Hall–Kier alpha value is -2.56. The van der Waals surface area contributed by atoms with Gasteiger partial charge in [0, 0.05) is 17.9 Å². The molecule has 1 aromatic carbocycles. The quantitative estimate of drug-likeness (QED) is 0.728. The Morgan fingerprint density at radius 1 is 1.15 bits per heavy atom. The van der Waals surface area contributed by atoms with Crippen LogP contribution >= 0.6 is 0 Å². The largest absolute Gasteiger partial charge is 0.492 e. The Morgan fingerprint density at radius 2 is 1.92 bits per heavy atom. The number of pyridine rings is 1. The third-order valence-electron chi connectivity index (χ3n) is 4.65. The van der Waals surface area contributed by atoms with Crippen LogP contribution in [0.15, 0.2) is 42.6 Å². The van der Waals surface area contributed by atoms with E-state index in [1.54, 1.807) is 6.20 Å². The van der Waals surface area contributed by atoms with E-state index in [1.807, 2.05) is 43.3 Å². The monoisotopic (exact) mass is 353 g/mol.